The number of carbonyl (C=O) groups is 2. The predicted octanol–water partition coefficient (Wildman–Crippen LogP) is 4.81. The van der Waals surface area contributed by atoms with Crippen LogP contribution in [0.4, 0.5) is 10.5 Å². The SMILES string of the molecule is CCCN(C(=O)OCC)c1cc(Cl)ccc1C(=O)c1cnoc1C1CC1. The number of hydrogen-bond donors (Lipinski definition) is 0. The highest BCUT2D eigenvalue weighted by atomic mass is 35.5. The number of aromatic nitrogens is 1. The van der Waals surface area contributed by atoms with Gasteiger partial charge in [0.2, 0.25) is 0 Å². The van der Waals surface area contributed by atoms with Gasteiger partial charge in [-0.3, -0.25) is 9.69 Å². The van der Waals surface area contributed by atoms with Crippen LogP contribution in [-0.2, 0) is 4.74 Å². The molecule has 3 rings (SSSR count). The van der Waals surface area contributed by atoms with E-state index in [1.54, 1.807) is 25.1 Å². The molecule has 1 aromatic heterocycles. The largest absolute Gasteiger partial charge is 0.449 e. The molecule has 7 heteroatoms. The minimum absolute atomic E-state index is 0.231. The third kappa shape index (κ3) is 3.75. The lowest BCUT2D eigenvalue weighted by Crippen LogP contribution is -2.33. The molecule has 0 N–H and O–H groups in total. The van der Waals surface area contributed by atoms with E-state index in [1.165, 1.54) is 11.1 Å². The van der Waals surface area contributed by atoms with Crippen LogP contribution in [0.15, 0.2) is 28.9 Å². The standard InChI is InChI=1S/C19H21ClN2O4/c1-3-9-22(19(24)25-4-2)16-10-13(20)7-8-14(16)17(23)15-11-21-26-18(15)12-5-6-12/h7-8,10-12H,3-6,9H2,1-2H3. The van der Waals surface area contributed by atoms with Gasteiger partial charge in [0.1, 0.15) is 0 Å². The molecule has 0 spiro atoms. The minimum Gasteiger partial charge on any atom is -0.449 e. The van der Waals surface area contributed by atoms with E-state index in [0.29, 0.717) is 40.6 Å². The van der Waals surface area contributed by atoms with Gasteiger partial charge in [-0.05, 0) is 44.4 Å². The summed E-state index contributed by atoms with van der Waals surface area (Å²) in [5.41, 5.74) is 1.25. The number of benzene rings is 1. The smallest absolute Gasteiger partial charge is 0.414 e. The van der Waals surface area contributed by atoms with Crippen molar-refractivity contribution in [3.63, 3.8) is 0 Å². The number of anilines is 1. The lowest BCUT2D eigenvalue weighted by Gasteiger charge is -2.23. The number of ether oxygens (including phenoxy) is 1. The van der Waals surface area contributed by atoms with E-state index in [2.05, 4.69) is 5.16 Å². The second-order valence-electron chi connectivity index (χ2n) is 6.22. The summed E-state index contributed by atoms with van der Waals surface area (Å²) in [5.74, 6) is 0.642. The number of halogens is 1. The van der Waals surface area contributed by atoms with Crippen molar-refractivity contribution in [1.82, 2.24) is 5.16 Å². The van der Waals surface area contributed by atoms with Crippen LogP contribution >= 0.6 is 11.6 Å². The van der Waals surface area contributed by atoms with Crippen LogP contribution in [0.1, 0.15) is 60.7 Å². The maximum absolute atomic E-state index is 13.2. The van der Waals surface area contributed by atoms with E-state index in [1.807, 2.05) is 6.92 Å². The zero-order valence-electron chi connectivity index (χ0n) is 14.8. The maximum Gasteiger partial charge on any atom is 0.414 e. The molecular formula is C19H21ClN2O4. The zero-order valence-corrected chi connectivity index (χ0v) is 15.6. The Balaban J connectivity index is 2.02. The fourth-order valence-electron chi connectivity index (χ4n) is 2.86. The fourth-order valence-corrected chi connectivity index (χ4v) is 3.03. The molecule has 0 unspecified atom stereocenters. The molecule has 6 nitrogen and oxygen atoms in total. The Kier molecular flexibility index (Phi) is 5.61. The van der Waals surface area contributed by atoms with Crippen molar-refractivity contribution < 1.29 is 18.8 Å². The summed E-state index contributed by atoms with van der Waals surface area (Å²) in [6.45, 7) is 4.35. The molecule has 138 valence electrons. The normalized spacial score (nSPS) is 13.5. The van der Waals surface area contributed by atoms with Crippen LogP contribution in [0.3, 0.4) is 0 Å². The van der Waals surface area contributed by atoms with Crippen molar-refractivity contribution in [2.75, 3.05) is 18.1 Å². The summed E-state index contributed by atoms with van der Waals surface area (Å²) >= 11 is 6.14. The van der Waals surface area contributed by atoms with Crippen LogP contribution in [0, 0.1) is 0 Å². The highest BCUT2D eigenvalue weighted by Crippen LogP contribution is 2.42. The van der Waals surface area contributed by atoms with E-state index >= 15 is 0 Å². The molecule has 1 saturated carbocycles. The molecule has 2 aromatic rings. The first-order valence-electron chi connectivity index (χ1n) is 8.79. The van der Waals surface area contributed by atoms with Crippen molar-refractivity contribution in [3.05, 3.63) is 46.3 Å². The number of nitrogens with zero attached hydrogens (tertiary/aromatic N) is 2. The quantitative estimate of drug-likeness (QED) is 0.648. The summed E-state index contributed by atoms with van der Waals surface area (Å²) in [5, 5.41) is 4.24. The van der Waals surface area contributed by atoms with Gasteiger partial charge in [-0.15, -0.1) is 0 Å². The van der Waals surface area contributed by atoms with E-state index in [9.17, 15) is 9.59 Å². The van der Waals surface area contributed by atoms with Gasteiger partial charge >= 0.3 is 6.09 Å². The van der Waals surface area contributed by atoms with Gasteiger partial charge in [-0.2, -0.15) is 0 Å². The Morgan fingerprint density at radius 1 is 1.31 bits per heavy atom. The molecule has 1 aliphatic carbocycles. The average molecular weight is 377 g/mol. The molecule has 1 aliphatic rings. The molecule has 0 radical (unpaired) electrons. The summed E-state index contributed by atoms with van der Waals surface area (Å²) in [4.78, 5) is 27.0. The van der Waals surface area contributed by atoms with Gasteiger partial charge in [0.05, 0.1) is 24.1 Å². The number of rotatable bonds is 7. The van der Waals surface area contributed by atoms with Gasteiger partial charge in [-0.1, -0.05) is 23.7 Å². The van der Waals surface area contributed by atoms with Crippen molar-refractivity contribution in [1.29, 1.82) is 0 Å². The molecule has 0 bridgehead atoms. The Morgan fingerprint density at radius 3 is 2.73 bits per heavy atom. The summed E-state index contributed by atoms with van der Waals surface area (Å²) in [6, 6.07) is 4.88. The van der Waals surface area contributed by atoms with Gasteiger partial charge in [-0.25, -0.2) is 4.79 Å². The third-order valence-electron chi connectivity index (χ3n) is 4.22. The van der Waals surface area contributed by atoms with E-state index < -0.39 is 6.09 Å². The van der Waals surface area contributed by atoms with Gasteiger partial charge in [0, 0.05) is 23.0 Å². The highest BCUT2D eigenvalue weighted by Gasteiger charge is 2.34. The van der Waals surface area contributed by atoms with Crippen molar-refractivity contribution in [2.45, 2.75) is 39.0 Å². The third-order valence-corrected chi connectivity index (χ3v) is 4.46. The highest BCUT2D eigenvalue weighted by molar-refractivity contribution is 6.31. The summed E-state index contributed by atoms with van der Waals surface area (Å²) < 4.78 is 10.4. The Hall–Kier alpha value is -2.34. The van der Waals surface area contributed by atoms with Gasteiger partial charge in [0.25, 0.3) is 0 Å². The number of ketones is 1. The fraction of sp³-hybridized carbons (Fsp3) is 0.421. The first-order chi connectivity index (χ1) is 12.6. The van der Waals surface area contributed by atoms with E-state index in [4.69, 9.17) is 20.9 Å². The lowest BCUT2D eigenvalue weighted by molar-refractivity contribution is 0.103. The topological polar surface area (TPSA) is 72.6 Å². The number of amides is 1. The van der Waals surface area contributed by atoms with Crippen LogP contribution in [0.2, 0.25) is 5.02 Å². The molecule has 1 aromatic carbocycles. The Bertz CT molecular complexity index is 814. The second kappa shape index (κ2) is 7.91. The van der Waals surface area contributed by atoms with Crippen LogP contribution in [0.5, 0.6) is 0 Å². The zero-order chi connectivity index (χ0) is 18.7. The monoisotopic (exact) mass is 376 g/mol. The first-order valence-corrected chi connectivity index (χ1v) is 9.17. The molecular weight excluding hydrogens is 356 g/mol. The predicted molar refractivity (Wildman–Crippen MR) is 98.0 cm³/mol. The van der Waals surface area contributed by atoms with Gasteiger partial charge < -0.3 is 9.26 Å². The molecule has 0 saturated heterocycles. The summed E-state index contributed by atoms with van der Waals surface area (Å²) in [7, 11) is 0. The van der Waals surface area contributed by atoms with E-state index in [-0.39, 0.29) is 18.3 Å². The molecule has 1 fully saturated rings. The molecule has 26 heavy (non-hydrogen) atoms. The van der Waals surface area contributed by atoms with Crippen LogP contribution < -0.4 is 4.90 Å². The number of hydrogen-bond acceptors (Lipinski definition) is 5. The molecule has 0 aliphatic heterocycles. The molecule has 1 heterocycles. The lowest BCUT2D eigenvalue weighted by atomic mass is 10.0. The average Bonchev–Trinajstić information content (AvgIpc) is 3.35. The molecule has 1 amide bonds. The second-order valence-corrected chi connectivity index (χ2v) is 6.66. The van der Waals surface area contributed by atoms with Crippen molar-refractivity contribution in [2.24, 2.45) is 0 Å². The summed E-state index contributed by atoms with van der Waals surface area (Å²) in [6.07, 6.45) is 3.64. The Labute approximate surface area is 157 Å². The van der Waals surface area contributed by atoms with Gasteiger partial charge in [0.15, 0.2) is 11.5 Å². The van der Waals surface area contributed by atoms with Crippen LogP contribution in [0.25, 0.3) is 0 Å². The first kappa shape index (κ1) is 18.5. The molecule has 0 atom stereocenters. The Morgan fingerprint density at radius 2 is 2.08 bits per heavy atom. The maximum atomic E-state index is 13.2. The van der Waals surface area contributed by atoms with Crippen molar-refractivity contribution in [3.8, 4) is 0 Å². The number of carbonyl (C=O) groups excluding carboxylic acids is 2. The van der Waals surface area contributed by atoms with E-state index in [0.717, 1.165) is 12.8 Å². The van der Waals surface area contributed by atoms with Crippen molar-refractivity contribution >= 4 is 29.2 Å². The minimum atomic E-state index is -0.501. The van der Waals surface area contributed by atoms with Crippen LogP contribution in [-0.4, -0.2) is 30.2 Å².